The summed E-state index contributed by atoms with van der Waals surface area (Å²) in [4.78, 5) is 6.92. The van der Waals surface area contributed by atoms with E-state index in [1.165, 1.54) is 17.2 Å². The van der Waals surface area contributed by atoms with E-state index in [0.717, 1.165) is 18.7 Å². The van der Waals surface area contributed by atoms with Gasteiger partial charge < -0.3 is 10.6 Å². The molecule has 94 valence electrons. The van der Waals surface area contributed by atoms with Crippen LogP contribution >= 0.6 is 11.8 Å². The molecule has 0 bridgehead atoms. The van der Waals surface area contributed by atoms with Gasteiger partial charge in [-0.2, -0.15) is 11.8 Å². The standard InChI is InChI=1S/C13H21N3S/c1-3-12(14)13-5-4-11(8-15-13)16-6-7-17-9-10(16)2/h4-5,8,10,12H,3,6-7,9,14H2,1-2H3/t10?,12-/m0/s1. The molecule has 2 heterocycles. The number of nitrogens with two attached hydrogens (primary N) is 1. The minimum absolute atomic E-state index is 0.0679. The molecule has 2 rings (SSSR count). The fourth-order valence-corrected chi connectivity index (χ4v) is 3.12. The Kier molecular flexibility index (Phi) is 4.29. The summed E-state index contributed by atoms with van der Waals surface area (Å²) in [5.41, 5.74) is 8.19. The van der Waals surface area contributed by atoms with Gasteiger partial charge in [-0.05, 0) is 25.5 Å². The van der Waals surface area contributed by atoms with Crippen LogP contribution in [0.15, 0.2) is 18.3 Å². The topological polar surface area (TPSA) is 42.1 Å². The van der Waals surface area contributed by atoms with Crippen molar-refractivity contribution < 1.29 is 0 Å². The zero-order chi connectivity index (χ0) is 12.3. The van der Waals surface area contributed by atoms with Gasteiger partial charge in [0.1, 0.15) is 0 Å². The summed E-state index contributed by atoms with van der Waals surface area (Å²) >= 11 is 2.03. The van der Waals surface area contributed by atoms with Crippen molar-refractivity contribution in [2.24, 2.45) is 5.73 Å². The van der Waals surface area contributed by atoms with E-state index in [2.05, 4.69) is 35.9 Å². The third-order valence-corrected chi connectivity index (χ3v) is 4.48. The third kappa shape index (κ3) is 2.93. The predicted molar refractivity (Wildman–Crippen MR) is 75.6 cm³/mol. The van der Waals surface area contributed by atoms with Crippen molar-refractivity contribution >= 4 is 17.4 Å². The predicted octanol–water partition coefficient (Wildman–Crippen LogP) is 2.43. The number of thioether (sulfide) groups is 1. The number of anilines is 1. The summed E-state index contributed by atoms with van der Waals surface area (Å²) in [6.07, 6.45) is 2.90. The largest absolute Gasteiger partial charge is 0.366 e. The molecule has 1 fully saturated rings. The van der Waals surface area contributed by atoms with Crippen molar-refractivity contribution in [2.75, 3.05) is 23.0 Å². The van der Waals surface area contributed by atoms with E-state index in [9.17, 15) is 0 Å². The number of rotatable bonds is 3. The van der Waals surface area contributed by atoms with Crippen molar-refractivity contribution in [1.29, 1.82) is 0 Å². The lowest BCUT2D eigenvalue weighted by Gasteiger charge is -2.34. The Balaban J connectivity index is 2.11. The summed E-state index contributed by atoms with van der Waals surface area (Å²) in [7, 11) is 0. The van der Waals surface area contributed by atoms with E-state index in [1.807, 2.05) is 18.0 Å². The van der Waals surface area contributed by atoms with Crippen LogP contribution in [0.3, 0.4) is 0 Å². The fraction of sp³-hybridized carbons (Fsp3) is 0.615. The van der Waals surface area contributed by atoms with Crippen molar-refractivity contribution in [3.8, 4) is 0 Å². The van der Waals surface area contributed by atoms with Gasteiger partial charge in [0.2, 0.25) is 0 Å². The molecule has 0 aliphatic carbocycles. The number of aromatic nitrogens is 1. The van der Waals surface area contributed by atoms with Crippen molar-refractivity contribution in [1.82, 2.24) is 4.98 Å². The lowest BCUT2D eigenvalue weighted by atomic mass is 10.1. The maximum Gasteiger partial charge on any atom is 0.0572 e. The average molecular weight is 251 g/mol. The first-order valence-electron chi connectivity index (χ1n) is 6.28. The van der Waals surface area contributed by atoms with Crippen molar-refractivity contribution in [3.63, 3.8) is 0 Å². The number of hydrogen-bond donors (Lipinski definition) is 1. The number of nitrogens with zero attached hydrogens (tertiary/aromatic N) is 2. The second-order valence-corrected chi connectivity index (χ2v) is 5.72. The van der Waals surface area contributed by atoms with Crippen LogP contribution in [0.4, 0.5) is 5.69 Å². The molecule has 3 nitrogen and oxygen atoms in total. The van der Waals surface area contributed by atoms with Gasteiger partial charge in [-0.15, -0.1) is 0 Å². The van der Waals surface area contributed by atoms with Crippen LogP contribution in [0.5, 0.6) is 0 Å². The van der Waals surface area contributed by atoms with E-state index in [4.69, 9.17) is 5.73 Å². The Morgan fingerprint density at radius 2 is 2.41 bits per heavy atom. The van der Waals surface area contributed by atoms with E-state index >= 15 is 0 Å². The van der Waals surface area contributed by atoms with E-state index < -0.39 is 0 Å². The third-order valence-electron chi connectivity index (χ3n) is 3.29. The summed E-state index contributed by atoms with van der Waals surface area (Å²) in [6.45, 7) is 5.48. The first-order chi connectivity index (χ1) is 8.22. The van der Waals surface area contributed by atoms with Gasteiger partial charge in [-0.1, -0.05) is 6.92 Å². The summed E-state index contributed by atoms with van der Waals surface area (Å²) in [6, 6.07) is 4.89. The highest BCUT2D eigenvalue weighted by molar-refractivity contribution is 7.99. The Morgan fingerprint density at radius 1 is 1.59 bits per heavy atom. The molecule has 1 aliphatic rings. The molecule has 1 aromatic rings. The van der Waals surface area contributed by atoms with Gasteiger partial charge in [0.05, 0.1) is 17.6 Å². The molecule has 1 unspecified atom stereocenters. The van der Waals surface area contributed by atoms with E-state index in [1.54, 1.807) is 0 Å². The molecule has 0 radical (unpaired) electrons. The summed E-state index contributed by atoms with van der Waals surface area (Å²) in [5.74, 6) is 2.41. The van der Waals surface area contributed by atoms with E-state index in [-0.39, 0.29) is 6.04 Å². The van der Waals surface area contributed by atoms with Crippen LogP contribution in [0, 0.1) is 0 Å². The number of hydrogen-bond acceptors (Lipinski definition) is 4. The molecule has 0 saturated carbocycles. The SMILES string of the molecule is CC[C@H](N)c1ccc(N2CCSCC2C)cn1. The van der Waals surface area contributed by atoms with Crippen LogP contribution in [-0.4, -0.2) is 29.1 Å². The van der Waals surface area contributed by atoms with Crippen LogP contribution in [0.2, 0.25) is 0 Å². The zero-order valence-corrected chi connectivity index (χ0v) is 11.4. The van der Waals surface area contributed by atoms with Gasteiger partial charge in [0.15, 0.2) is 0 Å². The van der Waals surface area contributed by atoms with Gasteiger partial charge in [-0.3, -0.25) is 4.98 Å². The van der Waals surface area contributed by atoms with Crippen molar-refractivity contribution in [3.05, 3.63) is 24.0 Å². The highest BCUT2D eigenvalue weighted by atomic mass is 32.2. The van der Waals surface area contributed by atoms with Crippen LogP contribution in [0.25, 0.3) is 0 Å². The summed E-state index contributed by atoms with van der Waals surface area (Å²) < 4.78 is 0. The zero-order valence-electron chi connectivity index (χ0n) is 10.6. The van der Waals surface area contributed by atoms with Crippen LogP contribution in [-0.2, 0) is 0 Å². The van der Waals surface area contributed by atoms with E-state index in [0.29, 0.717) is 6.04 Å². The average Bonchev–Trinajstić information content (AvgIpc) is 2.39. The molecule has 1 saturated heterocycles. The van der Waals surface area contributed by atoms with Crippen LogP contribution in [0.1, 0.15) is 32.0 Å². The van der Waals surface area contributed by atoms with Gasteiger partial charge in [-0.25, -0.2) is 0 Å². The first kappa shape index (κ1) is 12.7. The highest BCUT2D eigenvalue weighted by Gasteiger charge is 2.19. The lowest BCUT2D eigenvalue weighted by molar-refractivity contribution is 0.669. The maximum absolute atomic E-state index is 5.97. The maximum atomic E-state index is 5.97. The normalized spacial score (nSPS) is 22.5. The second-order valence-electron chi connectivity index (χ2n) is 4.57. The molecular weight excluding hydrogens is 230 g/mol. The van der Waals surface area contributed by atoms with Crippen molar-refractivity contribution in [2.45, 2.75) is 32.4 Å². The van der Waals surface area contributed by atoms with Gasteiger partial charge in [0, 0.05) is 30.1 Å². The molecule has 17 heavy (non-hydrogen) atoms. The minimum atomic E-state index is 0.0679. The Bertz CT molecular complexity index is 352. The number of pyridine rings is 1. The Morgan fingerprint density at radius 3 is 3.00 bits per heavy atom. The van der Waals surface area contributed by atoms with Gasteiger partial charge in [0.25, 0.3) is 0 Å². The summed E-state index contributed by atoms with van der Waals surface area (Å²) in [5, 5.41) is 0. The van der Waals surface area contributed by atoms with Gasteiger partial charge >= 0.3 is 0 Å². The Hall–Kier alpha value is -0.740. The molecular formula is C13H21N3S. The monoisotopic (exact) mass is 251 g/mol. The second kappa shape index (κ2) is 5.74. The molecule has 0 aromatic carbocycles. The smallest absolute Gasteiger partial charge is 0.0572 e. The first-order valence-corrected chi connectivity index (χ1v) is 7.43. The fourth-order valence-electron chi connectivity index (χ4n) is 2.11. The molecule has 2 N–H and O–H groups in total. The highest BCUT2D eigenvalue weighted by Crippen LogP contribution is 2.24. The molecule has 1 aliphatic heterocycles. The molecule has 2 atom stereocenters. The van der Waals surface area contributed by atoms with Crippen LogP contribution < -0.4 is 10.6 Å². The molecule has 4 heteroatoms. The lowest BCUT2D eigenvalue weighted by Crippen LogP contribution is -2.40. The molecule has 0 amide bonds. The minimum Gasteiger partial charge on any atom is -0.366 e. The quantitative estimate of drug-likeness (QED) is 0.896. The molecule has 0 spiro atoms. The molecule has 1 aromatic heterocycles. The Labute approximate surface area is 108 Å².